The zero-order chi connectivity index (χ0) is 27.3. The molecule has 0 bridgehead atoms. The third kappa shape index (κ3) is 22.7. The predicted molar refractivity (Wildman–Crippen MR) is 145 cm³/mol. The van der Waals surface area contributed by atoms with Crippen molar-refractivity contribution in [1.82, 2.24) is 5.32 Å². The number of rotatable bonds is 25. The summed E-state index contributed by atoms with van der Waals surface area (Å²) in [6.45, 7) is 4.41. The number of hydrogen-bond acceptors (Lipinski definition) is 6. The van der Waals surface area contributed by atoms with Crippen LogP contribution < -0.4 is 10.2 Å². The number of amides is 1. The molecule has 9 heteroatoms. The van der Waals surface area contributed by atoms with Crippen molar-refractivity contribution in [2.45, 2.75) is 129 Å². The van der Waals surface area contributed by atoms with E-state index in [1.165, 1.54) is 84.2 Å². The number of carbonyl (C=O) groups excluding carboxylic acids is 1. The average molecular weight is 537 g/mol. The standard InChI is InChI=1S/C27H57N2O6P/c1-7-8-9-10-11-12-13-14-15-16-17-18-19-20-21-22-26(30)28-27(25(2)33-6)35-36(31,32)34-24-23-29(3,4)5/h25,27H,7-24H2,1-6H3,(H-,28,30,31,32). The highest BCUT2D eigenvalue weighted by Gasteiger charge is 2.26. The summed E-state index contributed by atoms with van der Waals surface area (Å²) in [5.74, 6) is -0.245. The molecule has 0 aliphatic rings. The maximum Gasteiger partial charge on any atom is 0.270 e. The molecule has 0 rings (SSSR count). The lowest BCUT2D eigenvalue weighted by Gasteiger charge is -2.32. The van der Waals surface area contributed by atoms with Gasteiger partial charge < -0.3 is 24.0 Å². The Bertz CT molecular complexity index is 585. The first-order chi connectivity index (χ1) is 17.0. The van der Waals surface area contributed by atoms with E-state index in [0.29, 0.717) is 17.4 Å². The van der Waals surface area contributed by atoms with E-state index in [9.17, 15) is 14.3 Å². The topological polar surface area (TPSA) is 96.9 Å². The van der Waals surface area contributed by atoms with Crippen LogP contribution in [0.2, 0.25) is 0 Å². The van der Waals surface area contributed by atoms with E-state index in [0.717, 1.165) is 19.3 Å². The van der Waals surface area contributed by atoms with Crippen LogP contribution in [0.25, 0.3) is 0 Å². The Balaban J connectivity index is 3.94. The first-order valence-corrected chi connectivity index (χ1v) is 15.7. The van der Waals surface area contributed by atoms with Crippen LogP contribution in [0.4, 0.5) is 0 Å². The van der Waals surface area contributed by atoms with Crippen LogP contribution in [0.5, 0.6) is 0 Å². The van der Waals surface area contributed by atoms with Crippen molar-refractivity contribution in [1.29, 1.82) is 0 Å². The Morgan fingerprint density at radius 3 is 1.72 bits per heavy atom. The number of hydrogen-bond donors (Lipinski definition) is 1. The summed E-state index contributed by atoms with van der Waals surface area (Å²) in [6.07, 6.45) is 17.6. The molecule has 1 amide bonds. The molecular formula is C27H57N2O6P. The van der Waals surface area contributed by atoms with Gasteiger partial charge >= 0.3 is 0 Å². The third-order valence-corrected chi connectivity index (χ3v) is 7.35. The minimum absolute atomic E-state index is 0.00539. The number of methoxy groups -OCH3 is 1. The number of ether oxygens (including phenoxy) is 1. The Kier molecular flexibility index (Phi) is 21.1. The van der Waals surface area contributed by atoms with Crippen LogP contribution >= 0.6 is 7.82 Å². The molecule has 0 aliphatic carbocycles. The molecule has 0 spiro atoms. The lowest BCUT2D eigenvalue weighted by atomic mass is 10.0. The van der Waals surface area contributed by atoms with Gasteiger partial charge in [0.2, 0.25) is 5.91 Å². The van der Waals surface area contributed by atoms with Crippen LogP contribution in [-0.4, -0.2) is 64.1 Å². The van der Waals surface area contributed by atoms with Gasteiger partial charge in [0, 0.05) is 13.5 Å². The van der Waals surface area contributed by atoms with E-state index in [1.807, 2.05) is 21.1 Å². The van der Waals surface area contributed by atoms with Crippen molar-refractivity contribution in [3.63, 3.8) is 0 Å². The summed E-state index contributed by atoms with van der Waals surface area (Å²) in [5, 5.41) is 2.64. The van der Waals surface area contributed by atoms with Crippen molar-refractivity contribution in [3.05, 3.63) is 0 Å². The predicted octanol–water partition coefficient (Wildman–Crippen LogP) is 5.93. The van der Waals surface area contributed by atoms with E-state index in [1.54, 1.807) is 6.92 Å². The molecule has 0 aliphatic heterocycles. The number of phosphoric ester groups is 1. The van der Waals surface area contributed by atoms with Crippen LogP contribution in [0.15, 0.2) is 0 Å². The summed E-state index contributed by atoms with van der Waals surface area (Å²) >= 11 is 0. The molecule has 0 fully saturated rings. The van der Waals surface area contributed by atoms with Gasteiger partial charge in [0.25, 0.3) is 7.82 Å². The summed E-state index contributed by atoms with van der Waals surface area (Å²) < 4.78 is 28.0. The number of unbranched alkanes of at least 4 members (excludes halogenated alkanes) is 14. The van der Waals surface area contributed by atoms with Crippen LogP contribution in [0.1, 0.15) is 117 Å². The second kappa shape index (κ2) is 21.4. The minimum Gasteiger partial charge on any atom is -0.756 e. The summed E-state index contributed by atoms with van der Waals surface area (Å²) in [6, 6.07) is 0. The lowest BCUT2D eigenvalue weighted by molar-refractivity contribution is -0.870. The number of nitrogens with zero attached hydrogens (tertiary/aromatic N) is 1. The molecule has 0 aromatic heterocycles. The van der Waals surface area contributed by atoms with Crippen molar-refractivity contribution < 1.29 is 32.5 Å². The third-order valence-electron chi connectivity index (χ3n) is 6.36. The number of likely N-dealkylation sites (N-methyl/N-ethyl adjacent to an activating group) is 1. The highest BCUT2D eigenvalue weighted by atomic mass is 31.2. The summed E-state index contributed by atoms with van der Waals surface area (Å²) in [4.78, 5) is 24.6. The second-order valence-electron chi connectivity index (χ2n) is 11.0. The zero-order valence-electron chi connectivity index (χ0n) is 24.2. The zero-order valence-corrected chi connectivity index (χ0v) is 25.1. The monoisotopic (exact) mass is 536 g/mol. The number of phosphoric acid groups is 1. The van der Waals surface area contributed by atoms with E-state index >= 15 is 0 Å². The van der Waals surface area contributed by atoms with Gasteiger partial charge in [-0.3, -0.25) is 13.9 Å². The summed E-state index contributed by atoms with van der Waals surface area (Å²) in [7, 11) is 2.68. The van der Waals surface area contributed by atoms with Crippen LogP contribution in [0, 0.1) is 0 Å². The fourth-order valence-corrected chi connectivity index (χ4v) is 4.71. The molecule has 216 valence electrons. The van der Waals surface area contributed by atoms with Crippen LogP contribution in [0.3, 0.4) is 0 Å². The van der Waals surface area contributed by atoms with E-state index in [-0.39, 0.29) is 12.5 Å². The molecule has 0 radical (unpaired) electrons. The van der Waals surface area contributed by atoms with Crippen molar-refractivity contribution in [2.24, 2.45) is 0 Å². The smallest absolute Gasteiger partial charge is 0.270 e. The SMILES string of the molecule is CCCCCCCCCCCCCCCCCC(=O)NC(OP(=O)([O-])OCC[N+](C)(C)C)C(C)OC. The van der Waals surface area contributed by atoms with Crippen LogP contribution in [-0.2, 0) is 23.1 Å². The van der Waals surface area contributed by atoms with Gasteiger partial charge in [-0.1, -0.05) is 96.8 Å². The first kappa shape index (κ1) is 35.5. The quantitative estimate of drug-likeness (QED) is 0.0672. The second-order valence-corrected chi connectivity index (χ2v) is 12.4. The Hall–Kier alpha value is -0.500. The molecule has 8 nitrogen and oxygen atoms in total. The van der Waals surface area contributed by atoms with Gasteiger partial charge in [-0.2, -0.15) is 0 Å². The average Bonchev–Trinajstić information content (AvgIpc) is 2.79. The molecule has 36 heavy (non-hydrogen) atoms. The number of nitrogens with one attached hydrogen (secondary N) is 1. The Labute approximate surface area is 222 Å². The molecule has 0 aromatic carbocycles. The fraction of sp³-hybridized carbons (Fsp3) is 0.963. The lowest BCUT2D eigenvalue weighted by Crippen LogP contribution is -2.45. The number of quaternary nitrogens is 1. The number of carbonyl (C=O) groups is 1. The largest absolute Gasteiger partial charge is 0.756 e. The maximum atomic E-state index is 12.4. The first-order valence-electron chi connectivity index (χ1n) is 14.3. The Morgan fingerprint density at radius 1 is 0.861 bits per heavy atom. The Morgan fingerprint density at radius 2 is 1.31 bits per heavy atom. The highest BCUT2D eigenvalue weighted by Crippen LogP contribution is 2.40. The summed E-state index contributed by atoms with van der Waals surface area (Å²) in [5.41, 5.74) is 0. The van der Waals surface area contributed by atoms with Gasteiger partial charge in [0.15, 0.2) is 6.23 Å². The van der Waals surface area contributed by atoms with E-state index in [2.05, 4.69) is 12.2 Å². The minimum atomic E-state index is -4.58. The van der Waals surface area contributed by atoms with Gasteiger partial charge in [0.1, 0.15) is 13.2 Å². The fourth-order valence-electron chi connectivity index (χ4n) is 3.84. The normalized spacial score (nSPS) is 15.4. The molecule has 0 aromatic rings. The molecule has 1 N–H and O–H groups in total. The molecule has 0 saturated heterocycles. The van der Waals surface area contributed by atoms with Crippen molar-refractivity contribution in [2.75, 3.05) is 41.4 Å². The van der Waals surface area contributed by atoms with Gasteiger partial charge in [-0.15, -0.1) is 0 Å². The molecular weight excluding hydrogens is 479 g/mol. The van der Waals surface area contributed by atoms with Gasteiger partial charge in [0.05, 0.1) is 27.2 Å². The van der Waals surface area contributed by atoms with Crippen molar-refractivity contribution in [3.8, 4) is 0 Å². The molecule has 3 atom stereocenters. The van der Waals surface area contributed by atoms with E-state index in [4.69, 9.17) is 13.8 Å². The van der Waals surface area contributed by atoms with Crippen molar-refractivity contribution >= 4 is 13.7 Å². The molecule has 0 saturated carbocycles. The van der Waals surface area contributed by atoms with E-state index < -0.39 is 20.2 Å². The highest BCUT2D eigenvalue weighted by molar-refractivity contribution is 7.45. The maximum absolute atomic E-state index is 12.4. The molecule has 3 unspecified atom stereocenters. The van der Waals surface area contributed by atoms with Gasteiger partial charge in [-0.05, 0) is 13.3 Å². The van der Waals surface area contributed by atoms with Gasteiger partial charge in [-0.25, -0.2) is 0 Å². The molecule has 0 heterocycles.